The number of hydrogen-bond acceptors (Lipinski definition) is 9. The van der Waals surface area contributed by atoms with Crippen molar-refractivity contribution < 1.29 is 38.2 Å². The normalized spacial score (nSPS) is 21.7. The van der Waals surface area contributed by atoms with Gasteiger partial charge in [-0.3, -0.25) is 34.2 Å². The van der Waals surface area contributed by atoms with Gasteiger partial charge in [0.05, 0.1) is 23.7 Å². The molecule has 2 fully saturated rings. The van der Waals surface area contributed by atoms with Gasteiger partial charge in [0.2, 0.25) is 5.91 Å². The molecule has 0 aromatic heterocycles. The molecular formula is C29H30N4O8. The fourth-order valence-corrected chi connectivity index (χ4v) is 5.08. The van der Waals surface area contributed by atoms with Crippen molar-refractivity contribution in [2.45, 2.75) is 50.5 Å². The molecule has 1 saturated carbocycles. The average Bonchev–Trinajstić information content (AvgIpc) is 3.18. The Bertz CT molecular complexity index is 1370. The summed E-state index contributed by atoms with van der Waals surface area (Å²) >= 11 is 0. The Morgan fingerprint density at radius 3 is 2.51 bits per heavy atom. The molecule has 5 amide bonds. The van der Waals surface area contributed by atoms with Crippen molar-refractivity contribution in [2.24, 2.45) is 0 Å². The number of amides is 5. The lowest BCUT2D eigenvalue weighted by atomic mass is 9.88. The van der Waals surface area contributed by atoms with Crippen LogP contribution < -0.4 is 10.6 Å². The molecule has 2 aromatic rings. The summed E-state index contributed by atoms with van der Waals surface area (Å²) in [6.45, 7) is 1.17. The van der Waals surface area contributed by atoms with E-state index in [9.17, 15) is 28.8 Å². The van der Waals surface area contributed by atoms with Crippen molar-refractivity contribution in [3.8, 4) is 0 Å². The van der Waals surface area contributed by atoms with E-state index >= 15 is 0 Å². The minimum absolute atomic E-state index is 0.00341. The maximum absolute atomic E-state index is 13.2. The van der Waals surface area contributed by atoms with Crippen molar-refractivity contribution in [3.05, 3.63) is 65.2 Å². The zero-order chi connectivity index (χ0) is 29.1. The maximum Gasteiger partial charge on any atom is 0.409 e. The Balaban J connectivity index is 1.07. The van der Waals surface area contributed by atoms with Crippen LogP contribution in [0.15, 0.2) is 48.5 Å². The number of imide groups is 2. The first kappa shape index (κ1) is 28.0. The quantitative estimate of drug-likeness (QED) is 0.251. The predicted octanol–water partition coefficient (Wildman–Crippen LogP) is 1.88. The van der Waals surface area contributed by atoms with Crippen LogP contribution in [0.4, 0.5) is 10.5 Å². The van der Waals surface area contributed by atoms with E-state index < -0.39 is 48.0 Å². The Hall–Kier alpha value is -4.58. The van der Waals surface area contributed by atoms with E-state index in [0.717, 1.165) is 5.56 Å². The highest BCUT2D eigenvalue weighted by Crippen LogP contribution is 2.34. The minimum Gasteiger partial charge on any atom is -0.445 e. The molecule has 0 bridgehead atoms. The lowest BCUT2D eigenvalue weighted by Crippen LogP contribution is -2.59. The number of anilines is 1. The van der Waals surface area contributed by atoms with E-state index in [4.69, 9.17) is 9.47 Å². The molecule has 12 nitrogen and oxygen atoms in total. The third-order valence-corrected chi connectivity index (χ3v) is 7.32. The summed E-state index contributed by atoms with van der Waals surface area (Å²) in [5.74, 6) is -4.04. The topological polar surface area (TPSA) is 151 Å². The molecule has 2 N–H and O–H groups in total. The van der Waals surface area contributed by atoms with Crippen LogP contribution in [0.3, 0.4) is 0 Å². The van der Waals surface area contributed by atoms with Crippen molar-refractivity contribution in [3.63, 3.8) is 0 Å². The van der Waals surface area contributed by atoms with Gasteiger partial charge >= 0.3 is 6.09 Å². The van der Waals surface area contributed by atoms with Crippen LogP contribution in [0.25, 0.3) is 0 Å². The van der Waals surface area contributed by atoms with Crippen LogP contribution in [0.5, 0.6) is 0 Å². The summed E-state index contributed by atoms with van der Waals surface area (Å²) in [6, 6.07) is 12.5. The molecule has 1 aliphatic carbocycles. The SMILES string of the molecule is CN(CCCOC1CC(Nc2cccc3c2C(=O)N(C2C(=O)CC(=O)NC2=O)C3=O)C1)C(=O)OCc1ccccc1. The molecule has 1 saturated heterocycles. The standard InChI is InChI=1S/C29H30N4O8/c1-32(29(39)41-16-17-7-3-2-4-8-17)11-6-12-40-19-13-18(14-19)30-21-10-5-9-20-24(21)28(38)33(27(20)37)25-22(34)15-23(35)31-26(25)36/h2-5,7-10,18-19,25,30H,6,11-16H2,1H3,(H,31,35,36). The minimum atomic E-state index is -1.67. The third kappa shape index (κ3) is 5.97. The second-order valence-corrected chi connectivity index (χ2v) is 10.3. The number of rotatable bonds is 10. The Morgan fingerprint density at radius 2 is 1.78 bits per heavy atom. The predicted molar refractivity (Wildman–Crippen MR) is 144 cm³/mol. The van der Waals surface area contributed by atoms with E-state index in [1.54, 1.807) is 19.2 Å². The molecule has 0 spiro atoms. The van der Waals surface area contributed by atoms with Gasteiger partial charge in [0.25, 0.3) is 17.7 Å². The van der Waals surface area contributed by atoms with Gasteiger partial charge in [-0.05, 0) is 37.0 Å². The van der Waals surface area contributed by atoms with Crippen LogP contribution in [0, 0.1) is 0 Å². The Morgan fingerprint density at radius 1 is 1.02 bits per heavy atom. The van der Waals surface area contributed by atoms with Gasteiger partial charge in [0, 0.05) is 31.9 Å². The lowest BCUT2D eigenvalue weighted by Gasteiger charge is -2.36. The summed E-state index contributed by atoms with van der Waals surface area (Å²) in [6.07, 6.45) is 1.03. The molecule has 1 atom stereocenters. The number of carbonyl (C=O) groups is 6. The van der Waals surface area contributed by atoms with Crippen molar-refractivity contribution in [2.75, 3.05) is 25.5 Å². The molecule has 2 heterocycles. The summed E-state index contributed by atoms with van der Waals surface area (Å²) in [5.41, 5.74) is 1.55. The molecule has 12 heteroatoms. The number of piperidine rings is 1. The number of nitrogens with one attached hydrogen (secondary N) is 2. The van der Waals surface area contributed by atoms with E-state index in [2.05, 4.69) is 5.32 Å². The number of benzene rings is 2. The van der Waals surface area contributed by atoms with E-state index in [1.807, 2.05) is 35.6 Å². The van der Waals surface area contributed by atoms with Gasteiger partial charge in [0.1, 0.15) is 6.61 Å². The highest BCUT2D eigenvalue weighted by atomic mass is 16.6. The second-order valence-electron chi connectivity index (χ2n) is 10.3. The monoisotopic (exact) mass is 562 g/mol. The van der Waals surface area contributed by atoms with Crippen molar-refractivity contribution in [1.29, 1.82) is 0 Å². The third-order valence-electron chi connectivity index (χ3n) is 7.32. The summed E-state index contributed by atoms with van der Waals surface area (Å²) in [7, 11) is 1.68. The highest BCUT2D eigenvalue weighted by molar-refractivity contribution is 6.30. The maximum atomic E-state index is 13.2. The highest BCUT2D eigenvalue weighted by Gasteiger charge is 2.49. The fraction of sp³-hybridized carbons (Fsp3) is 0.379. The number of fused-ring (bicyclic) bond motifs is 1. The van der Waals surface area contributed by atoms with Crippen molar-refractivity contribution >= 4 is 41.2 Å². The molecule has 41 heavy (non-hydrogen) atoms. The number of ether oxygens (including phenoxy) is 2. The molecule has 1 unspecified atom stereocenters. The molecule has 3 aliphatic rings. The Labute approximate surface area is 235 Å². The van der Waals surface area contributed by atoms with Gasteiger partial charge in [-0.1, -0.05) is 36.4 Å². The first-order chi connectivity index (χ1) is 19.7. The zero-order valence-corrected chi connectivity index (χ0v) is 22.5. The van der Waals surface area contributed by atoms with Gasteiger partial charge in [-0.15, -0.1) is 0 Å². The fourth-order valence-electron chi connectivity index (χ4n) is 5.08. The summed E-state index contributed by atoms with van der Waals surface area (Å²) in [4.78, 5) is 76.7. The van der Waals surface area contributed by atoms with Gasteiger partial charge in [-0.25, -0.2) is 4.79 Å². The number of nitrogens with zero attached hydrogens (tertiary/aromatic N) is 2. The van der Waals surface area contributed by atoms with Crippen LogP contribution in [-0.4, -0.2) is 83.7 Å². The van der Waals surface area contributed by atoms with Crippen LogP contribution in [0.2, 0.25) is 0 Å². The number of carbonyl (C=O) groups excluding carboxylic acids is 6. The summed E-state index contributed by atoms with van der Waals surface area (Å²) < 4.78 is 11.2. The first-order valence-electron chi connectivity index (χ1n) is 13.4. The van der Waals surface area contributed by atoms with Crippen LogP contribution in [-0.2, 0) is 30.5 Å². The zero-order valence-electron chi connectivity index (χ0n) is 22.5. The van der Waals surface area contributed by atoms with Crippen LogP contribution >= 0.6 is 0 Å². The second kappa shape index (κ2) is 11.9. The van der Waals surface area contributed by atoms with Gasteiger partial charge in [0.15, 0.2) is 11.8 Å². The van der Waals surface area contributed by atoms with E-state index in [0.29, 0.717) is 43.0 Å². The van der Waals surface area contributed by atoms with Crippen molar-refractivity contribution in [1.82, 2.24) is 15.1 Å². The largest absolute Gasteiger partial charge is 0.445 e. The smallest absolute Gasteiger partial charge is 0.409 e. The lowest BCUT2D eigenvalue weighted by molar-refractivity contribution is -0.143. The molecule has 5 rings (SSSR count). The molecule has 2 aliphatic heterocycles. The van der Waals surface area contributed by atoms with E-state index in [1.165, 1.54) is 11.0 Å². The molecule has 0 radical (unpaired) electrons. The molecule has 214 valence electrons. The van der Waals surface area contributed by atoms with Gasteiger partial charge < -0.3 is 19.7 Å². The van der Waals surface area contributed by atoms with Gasteiger partial charge in [-0.2, -0.15) is 0 Å². The molecule has 2 aromatic carbocycles. The first-order valence-corrected chi connectivity index (χ1v) is 13.4. The average molecular weight is 563 g/mol. The number of hydrogen-bond donors (Lipinski definition) is 2. The van der Waals surface area contributed by atoms with Crippen LogP contribution in [0.1, 0.15) is 52.0 Å². The molecular weight excluding hydrogens is 532 g/mol. The number of ketones is 1. The summed E-state index contributed by atoms with van der Waals surface area (Å²) in [5, 5.41) is 5.29. The number of Topliss-reactive ketones (excluding diaryl/α,β-unsaturated/α-hetero) is 1. The Kier molecular flexibility index (Phi) is 8.11. The van der Waals surface area contributed by atoms with E-state index in [-0.39, 0.29) is 29.9 Å².